The molecule has 0 bridgehead atoms. The number of rotatable bonds is 4. The Hall–Kier alpha value is -1.55. The quantitative estimate of drug-likeness (QED) is 0.843. The second kappa shape index (κ2) is 5.19. The van der Waals surface area contributed by atoms with Crippen LogP contribution in [0.2, 0.25) is 0 Å². The molecular weight excluding hydrogens is 218 g/mol. The molecule has 0 fully saturated rings. The van der Waals surface area contributed by atoms with E-state index in [-0.39, 0.29) is 12.0 Å². The minimum Gasteiger partial charge on any atom is -0.488 e. The van der Waals surface area contributed by atoms with Gasteiger partial charge in [-0.1, -0.05) is 12.1 Å². The van der Waals surface area contributed by atoms with Crippen molar-refractivity contribution >= 4 is 5.97 Å². The van der Waals surface area contributed by atoms with Gasteiger partial charge in [0.15, 0.2) is 0 Å². The number of carboxylic acid groups (broad SMARTS) is 1. The summed E-state index contributed by atoms with van der Waals surface area (Å²) in [7, 11) is 0. The summed E-state index contributed by atoms with van der Waals surface area (Å²) in [6.45, 7) is 5.91. The van der Waals surface area contributed by atoms with Gasteiger partial charge < -0.3 is 15.6 Å². The molecule has 0 radical (unpaired) electrons. The van der Waals surface area contributed by atoms with E-state index in [1.807, 2.05) is 32.9 Å². The van der Waals surface area contributed by atoms with E-state index in [4.69, 9.17) is 15.6 Å². The number of carboxylic acids is 1. The van der Waals surface area contributed by atoms with E-state index in [0.29, 0.717) is 0 Å². The summed E-state index contributed by atoms with van der Waals surface area (Å²) in [5, 5.41) is 8.65. The van der Waals surface area contributed by atoms with Crippen LogP contribution in [0.4, 0.5) is 0 Å². The lowest BCUT2D eigenvalue weighted by molar-refractivity contribution is -0.137. The molecule has 0 saturated heterocycles. The Morgan fingerprint density at radius 1 is 1.35 bits per heavy atom. The fourth-order valence-corrected chi connectivity index (χ4v) is 1.44. The van der Waals surface area contributed by atoms with Gasteiger partial charge in [-0.3, -0.25) is 4.79 Å². The molecule has 1 atom stereocenters. The van der Waals surface area contributed by atoms with Crippen molar-refractivity contribution in [3.63, 3.8) is 0 Å². The van der Waals surface area contributed by atoms with Crippen LogP contribution in [0.15, 0.2) is 24.3 Å². The van der Waals surface area contributed by atoms with Crippen LogP contribution in [-0.2, 0) is 4.79 Å². The fourth-order valence-electron chi connectivity index (χ4n) is 1.44. The summed E-state index contributed by atoms with van der Waals surface area (Å²) < 4.78 is 5.66. The third-order valence-corrected chi connectivity index (χ3v) is 2.13. The summed E-state index contributed by atoms with van der Waals surface area (Å²) in [6, 6.07) is 6.74. The summed E-state index contributed by atoms with van der Waals surface area (Å²) in [6.07, 6.45) is -0.0700. The first-order valence-electron chi connectivity index (χ1n) is 5.54. The SMILES string of the molecule is CC(C)(C)Oc1ccc([C@@H](N)CC(=O)O)cc1. The fraction of sp³-hybridized carbons (Fsp3) is 0.462. The maximum atomic E-state index is 10.5. The first kappa shape index (κ1) is 13.5. The summed E-state index contributed by atoms with van der Waals surface area (Å²) >= 11 is 0. The van der Waals surface area contributed by atoms with E-state index in [1.54, 1.807) is 12.1 Å². The molecule has 0 unspecified atom stereocenters. The minimum absolute atomic E-state index is 0.0700. The highest BCUT2D eigenvalue weighted by Gasteiger charge is 2.13. The molecule has 0 saturated carbocycles. The number of aliphatic carboxylic acids is 1. The number of ether oxygens (including phenoxy) is 1. The molecule has 0 aliphatic rings. The van der Waals surface area contributed by atoms with Crippen LogP contribution >= 0.6 is 0 Å². The Morgan fingerprint density at radius 3 is 2.29 bits per heavy atom. The molecule has 0 aliphatic carbocycles. The normalized spacial score (nSPS) is 13.2. The predicted molar refractivity (Wildman–Crippen MR) is 66.0 cm³/mol. The highest BCUT2D eigenvalue weighted by atomic mass is 16.5. The minimum atomic E-state index is -0.896. The molecular formula is C13H19NO3. The van der Waals surface area contributed by atoms with Gasteiger partial charge in [0.05, 0.1) is 6.42 Å². The Kier molecular flexibility index (Phi) is 4.12. The number of nitrogens with two attached hydrogens (primary N) is 1. The van der Waals surface area contributed by atoms with Crippen molar-refractivity contribution in [2.75, 3.05) is 0 Å². The lowest BCUT2D eigenvalue weighted by Gasteiger charge is -2.21. The van der Waals surface area contributed by atoms with Gasteiger partial charge in [0.1, 0.15) is 11.4 Å². The van der Waals surface area contributed by atoms with E-state index < -0.39 is 12.0 Å². The number of carbonyl (C=O) groups is 1. The maximum Gasteiger partial charge on any atom is 0.305 e. The maximum absolute atomic E-state index is 10.5. The van der Waals surface area contributed by atoms with Crippen LogP contribution in [0.3, 0.4) is 0 Å². The van der Waals surface area contributed by atoms with Gasteiger partial charge in [0.25, 0.3) is 0 Å². The van der Waals surface area contributed by atoms with Crippen LogP contribution < -0.4 is 10.5 Å². The van der Waals surface area contributed by atoms with Crippen LogP contribution in [-0.4, -0.2) is 16.7 Å². The van der Waals surface area contributed by atoms with E-state index >= 15 is 0 Å². The van der Waals surface area contributed by atoms with Crippen molar-refractivity contribution in [3.8, 4) is 5.75 Å². The molecule has 0 aromatic heterocycles. The summed E-state index contributed by atoms with van der Waals surface area (Å²) in [4.78, 5) is 10.5. The molecule has 0 aliphatic heterocycles. The van der Waals surface area contributed by atoms with Crippen molar-refractivity contribution in [2.24, 2.45) is 5.73 Å². The van der Waals surface area contributed by atoms with Crippen LogP contribution in [0.5, 0.6) is 5.75 Å². The standard InChI is InChI=1S/C13H19NO3/c1-13(2,3)17-10-6-4-9(5-7-10)11(14)8-12(15)16/h4-7,11H,8,14H2,1-3H3,(H,15,16)/t11-/m0/s1. The van der Waals surface area contributed by atoms with Crippen LogP contribution in [0, 0.1) is 0 Å². The average Bonchev–Trinajstić information content (AvgIpc) is 2.15. The highest BCUT2D eigenvalue weighted by Crippen LogP contribution is 2.21. The van der Waals surface area contributed by atoms with Crippen molar-refractivity contribution in [1.29, 1.82) is 0 Å². The highest BCUT2D eigenvalue weighted by molar-refractivity contribution is 5.67. The molecule has 1 rings (SSSR count). The number of hydrogen-bond acceptors (Lipinski definition) is 3. The Balaban J connectivity index is 2.71. The molecule has 0 amide bonds. The van der Waals surface area contributed by atoms with Gasteiger partial charge >= 0.3 is 5.97 Å². The monoisotopic (exact) mass is 237 g/mol. The zero-order valence-electron chi connectivity index (χ0n) is 10.4. The number of hydrogen-bond donors (Lipinski definition) is 2. The molecule has 94 valence electrons. The van der Waals surface area contributed by atoms with Crippen molar-refractivity contribution in [1.82, 2.24) is 0 Å². The average molecular weight is 237 g/mol. The van der Waals surface area contributed by atoms with Gasteiger partial charge in [-0.2, -0.15) is 0 Å². The van der Waals surface area contributed by atoms with Crippen LogP contribution in [0.25, 0.3) is 0 Å². The Morgan fingerprint density at radius 2 is 1.88 bits per heavy atom. The third kappa shape index (κ3) is 4.87. The topological polar surface area (TPSA) is 72.5 Å². The Labute approximate surface area is 101 Å². The molecule has 1 aromatic carbocycles. The summed E-state index contributed by atoms with van der Waals surface area (Å²) in [5.74, 6) is -0.142. The van der Waals surface area contributed by atoms with E-state index in [1.165, 1.54) is 0 Å². The van der Waals surface area contributed by atoms with E-state index in [2.05, 4.69) is 0 Å². The van der Waals surface area contributed by atoms with Crippen LogP contribution in [0.1, 0.15) is 38.8 Å². The Bertz CT molecular complexity index is 379. The molecule has 4 nitrogen and oxygen atoms in total. The predicted octanol–water partition coefficient (Wildman–Crippen LogP) is 2.34. The lowest BCUT2D eigenvalue weighted by Crippen LogP contribution is -2.23. The smallest absolute Gasteiger partial charge is 0.305 e. The van der Waals surface area contributed by atoms with E-state index in [9.17, 15) is 4.79 Å². The van der Waals surface area contributed by atoms with Gasteiger partial charge in [-0.05, 0) is 38.5 Å². The van der Waals surface area contributed by atoms with Crippen molar-refractivity contribution in [3.05, 3.63) is 29.8 Å². The summed E-state index contributed by atoms with van der Waals surface area (Å²) in [5.41, 5.74) is 6.31. The molecule has 4 heteroatoms. The molecule has 1 aromatic rings. The second-order valence-corrected chi connectivity index (χ2v) is 4.99. The van der Waals surface area contributed by atoms with Gasteiger partial charge in [-0.15, -0.1) is 0 Å². The van der Waals surface area contributed by atoms with Crippen molar-refractivity contribution in [2.45, 2.75) is 38.8 Å². The first-order chi connectivity index (χ1) is 7.78. The first-order valence-corrected chi connectivity index (χ1v) is 5.54. The zero-order valence-corrected chi connectivity index (χ0v) is 10.4. The van der Waals surface area contributed by atoms with Gasteiger partial charge in [0, 0.05) is 6.04 Å². The molecule has 17 heavy (non-hydrogen) atoms. The molecule has 0 spiro atoms. The largest absolute Gasteiger partial charge is 0.488 e. The molecule has 0 heterocycles. The molecule has 3 N–H and O–H groups in total. The second-order valence-electron chi connectivity index (χ2n) is 4.99. The lowest BCUT2D eigenvalue weighted by atomic mass is 10.0. The third-order valence-electron chi connectivity index (χ3n) is 2.13. The zero-order chi connectivity index (χ0) is 13.1. The van der Waals surface area contributed by atoms with Gasteiger partial charge in [-0.25, -0.2) is 0 Å². The number of benzene rings is 1. The van der Waals surface area contributed by atoms with Crippen molar-refractivity contribution < 1.29 is 14.6 Å². The van der Waals surface area contributed by atoms with E-state index in [0.717, 1.165) is 11.3 Å². The van der Waals surface area contributed by atoms with Gasteiger partial charge in [0.2, 0.25) is 0 Å².